The number of rotatable bonds is 7. The Morgan fingerprint density at radius 3 is 2.68 bits per heavy atom. The Labute approximate surface area is 190 Å². The lowest BCUT2D eigenvalue weighted by molar-refractivity contribution is 0.0860. The summed E-state index contributed by atoms with van der Waals surface area (Å²) in [5, 5.41) is 29.7. The fraction of sp³-hybridized carbons (Fsp3) is 0.786. The highest BCUT2D eigenvalue weighted by Crippen LogP contribution is 2.60. The molecule has 0 radical (unpaired) electrons. The van der Waals surface area contributed by atoms with Crippen LogP contribution in [-0.4, -0.2) is 34.1 Å². The molecule has 6 atom stereocenters. The summed E-state index contributed by atoms with van der Waals surface area (Å²) in [5.74, 6) is 2.16. The number of hydrogen-bond donors (Lipinski definition) is 3. The van der Waals surface area contributed by atoms with Gasteiger partial charge >= 0.3 is 0 Å². The van der Waals surface area contributed by atoms with Crippen molar-refractivity contribution in [2.75, 3.05) is 6.61 Å². The summed E-state index contributed by atoms with van der Waals surface area (Å²) in [7, 11) is 0. The van der Waals surface area contributed by atoms with Crippen LogP contribution < -0.4 is 0 Å². The van der Waals surface area contributed by atoms with Crippen LogP contribution in [0.1, 0.15) is 91.9 Å². The Hall–Kier alpha value is -0.900. The van der Waals surface area contributed by atoms with Crippen LogP contribution in [0, 0.1) is 28.6 Å². The van der Waals surface area contributed by atoms with Crippen molar-refractivity contribution in [2.45, 2.75) is 104 Å². The van der Waals surface area contributed by atoms with Crippen LogP contribution in [-0.2, 0) is 0 Å². The van der Waals surface area contributed by atoms with E-state index in [9.17, 15) is 15.3 Å². The molecule has 3 rings (SSSR count). The first-order valence-corrected chi connectivity index (χ1v) is 12.6. The standard InChI is InChI=1S/C28H46O3/c1-19(8-6-14-27(3,4)18-29)24-12-13-25-21(9-7-15-28(24,25)5)10-11-22-16-23(30)17-26(31)20(22)2/h10-11,19,23-26,29-31H,2,6-9,12-18H2,1,3-5H3/b21-10+,22-11+/t19-,23-,24-,25+,26+,28-/m1/s1. The fourth-order valence-corrected chi connectivity index (χ4v) is 6.86. The zero-order chi connectivity index (χ0) is 22.8. The molecule has 3 heteroatoms. The molecule has 0 spiro atoms. The number of hydrogen-bond acceptors (Lipinski definition) is 3. The Kier molecular flexibility index (Phi) is 7.92. The minimum absolute atomic E-state index is 0.0420. The quantitative estimate of drug-likeness (QED) is 0.467. The maximum absolute atomic E-state index is 10.1. The van der Waals surface area contributed by atoms with E-state index < -0.39 is 12.2 Å². The normalized spacial score (nSPS) is 38.0. The SMILES string of the molecule is C=C1/C(=C/C=C2\CCC[C@]3(C)[C@@H]([C@H](C)CCCC(C)(C)CO)CC[C@@H]23)C[C@@H](O)C[C@@H]1O. The van der Waals surface area contributed by atoms with Crippen molar-refractivity contribution in [2.24, 2.45) is 28.6 Å². The number of aliphatic hydroxyl groups is 3. The maximum Gasteiger partial charge on any atom is 0.0811 e. The smallest absolute Gasteiger partial charge is 0.0811 e. The van der Waals surface area contributed by atoms with Gasteiger partial charge in [-0.1, -0.05) is 64.8 Å². The van der Waals surface area contributed by atoms with Gasteiger partial charge in [-0.2, -0.15) is 0 Å². The molecule has 3 N–H and O–H groups in total. The van der Waals surface area contributed by atoms with Crippen LogP contribution >= 0.6 is 0 Å². The van der Waals surface area contributed by atoms with Crippen molar-refractivity contribution in [3.63, 3.8) is 0 Å². The predicted molar refractivity (Wildman–Crippen MR) is 129 cm³/mol. The highest BCUT2D eigenvalue weighted by molar-refractivity contribution is 5.38. The molecule has 0 aromatic rings. The van der Waals surface area contributed by atoms with E-state index >= 15 is 0 Å². The van der Waals surface area contributed by atoms with Crippen LogP contribution in [0.15, 0.2) is 35.5 Å². The molecule has 0 aromatic carbocycles. The van der Waals surface area contributed by atoms with Gasteiger partial charge in [0.2, 0.25) is 0 Å². The lowest BCUT2D eigenvalue weighted by atomic mass is 9.60. The number of aliphatic hydroxyl groups excluding tert-OH is 3. The van der Waals surface area contributed by atoms with E-state index in [2.05, 4.69) is 46.4 Å². The van der Waals surface area contributed by atoms with E-state index in [0.717, 1.165) is 29.4 Å². The lowest BCUT2D eigenvalue weighted by Crippen LogP contribution is -2.36. The molecule has 176 valence electrons. The second kappa shape index (κ2) is 9.93. The molecule has 0 saturated heterocycles. The van der Waals surface area contributed by atoms with Gasteiger partial charge in [0.05, 0.1) is 12.2 Å². The third-order valence-electron chi connectivity index (χ3n) is 8.93. The van der Waals surface area contributed by atoms with E-state index in [1.807, 2.05) is 0 Å². The van der Waals surface area contributed by atoms with E-state index in [1.165, 1.54) is 44.9 Å². The minimum Gasteiger partial charge on any atom is -0.396 e. The highest BCUT2D eigenvalue weighted by atomic mass is 16.3. The molecule has 3 fully saturated rings. The third-order valence-corrected chi connectivity index (χ3v) is 8.93. The Bertz CT molecular complexity index is 703. The first kappa shape index (κ1) is 24.7. The zero-order valence-electron chi connectivity index (χ0n) is 20.4. The van der Waals surface area contributed by atoms with Gasteiger partial charge in [0.25, 0.3) is 0 Å². The molecule has 3 aliphatic carbocycles. The van der Waals surface area contributed by atoms with Crippen LogP contribution in [0.25, 0.3) is 0 Å². The molecule has 0 aromatic heterocycles. The van der Waals surface area contributed by atoms with Crippen LogP contribution in [0.2, 0.25) is 0 Å². The average Bonchev–Trinajstić information content (AvgIpc) is 3.07. The van der Waals surface area contributed by atoms with E-state index in [-0.39, 0.29) is 12.0 Å². The van der Waals surface area contributed by atoms with Gasteiger partial charge in [-0.25, -0.2) is 0 Å². The van der Waals surface area contributed by atoms with Gasteiger partial charge in [0, 0.05) is 13.0 Å². The highest BCUT2D eigenvalue weighted by Gasteiger charge is 2.50. The summed E-state index contributed by atoms with van der Waals surface area (Å²) in [6, 6.07) is 0. The van der Waals surface area contributed by atoms with Gasteiger partial charge < -0.3 is 15.3 Å². The number of allylic oxidation sites excluding steroid dienone is 3. The average molecular weight is 431 g/mol. The maximum atomic E-state index is 10.1. The third kappa shape index (κ3) is 5.54. The molecule has 0 heterocycles. The summed E-state index contributed by atoms with van der Waals surface area (Å²) < 4.78 is 0. The molecule has 3 nitrogen and oxygen atoms in total. The molecule has 3 aliphatic rings. The Morgan fingerprint density at radius 1 is 1.23 bits per heavy atom. The first-order chi connectivity index (χ1) is 14.6. The predicted octanol–water partition coefficient (Wildman–Crippen LogP) is 5.95. The van der Waals surface area contributed by atoms with Crippen molar-refractivity contribution in [1.29, 1.82) is 0 Å². The van der Waals surface area contributed by atoms with E-state index in [1.54, 1.807) is 5.57 Å². The summed E-state index contributed by atoms with van der Waals surface area (Å²) in [5.41, 5.74) is 3.79. The van der Waals surface area contributed by atoms with Crippen molar-refractivity contribution in [3.8, 4) is 0 Å². The Morgan fingerprint density at radius 2 is 1.97 bits per heavy atom. The molecular formula is C28H46O3. The Balaban J connectivity index is 1.68. The monoisotopic (exact) mass is 430 g/mol. The summed E-state index contributed by atoms with van der Waals surface area (Å²) in [6.45, 7) is 13.7. The van der Waals surface area contributed by atoms with E-state index in [0.29, 0.717) is 24.2 Å². The topological polar surface area (TPSA) is 60.7 Å². The summed E-state index contributed by atoms with van der Waals surface area (Å²) >= 11 is 0. The molecule has 0 unspecified atom stereocenters. The molecular weight excluding hydrogens is 384 g/mol. The van der Waals surface area contributed by atoms with Crippen LogP contribution in [0.5, 0.6) is 0 Å². The summed E-state index contributed by atoms with van der Waals surface area (Å²) in [6.07, 6.45) is 14.3. The van der Waals surface area contributed by atoms with Crippen molar-refractivity contribution in [3.05, 3.63) is 35.5 Å². The first-order valence-electron chi connectivity index (χ1n) is 12.6. The molecule has 0 bridgehead atoms. The van der Waals surface area contributed by atoms with Gasteiger partial charge in [0.15, 0.2) is 0 Å². The molecule has 31 heavy (non-hydrogen) atoms. The van der Waals surface area contributed by atoms with Gasteiger partial charge in [-0.05, 0) is 84.7 Å². The lowest BCUT2D eigenvalue weighted by Gasteiger charge is -2.44. The van der Waals surface area contributed by atoms with Gasteiger partial charge in [-0.3, -0.25) is 0 Å². The second-order valence-corrected chi connectivity index (χ2v) is 11.9. The van der Waals surface area contributed by atoms with Crippen molar-refractivity contribution >= 4 is 0 Å². The van der Waals surface area contributed by atoms with Crippen molar-refractivity contribution < 1.29 is 15.3 Å². The van der Waals surface area contributed by atoms with Crippen LogP contribution in [0.3, 0.4) is 0 Å². The largest absolute Gasteiger partial charge is 0.396 e. The van der Waals surface area contributed by atoms with Crippen LogP contribution in [0.4, 0.5) is 0 Å². The molecule has 0 aliphatic heterocycles. The fourth-order valence-electron chi connectivity index (χ4n) is 6.86. The summed E-state index contributed by atoms with van der Waals surface area (Å²) in [4.78, 5) is 0. The van der Waals surface area contributed by atoms with Gasteiger partial charge in [-0.15, -0.1) is 0 Å². The van der Waals surface area contributed by atoms with E-state index in [4.69, 9.17) is 0 Å². The van der Waals surface area contributed by atoms with Gasteiger partial charge in [0.1, 0.15) is 0 Å². The molecule has 0 amide bonds. The number of fused-ring (bicyclic) bond motifs is 1. The zero-order valence-corrected chi connectivity index (χ0v) is 20.4. The minimum atomic E-state index is -0.613. The molecule has 3 saturated carbocycles. The second-order valence-electron chi connectivity index (χ2n) is 11.9. The van der Waals surface area contributed by atoms with Crippen molar-refractivity contribution in [1.82, 2.24) is 0 Å².